The molecule has 0 aromatic heterocycles. The van der Waals surface area contributed by atoms with E-state index in [1.54, 1.807) is 0 Å². The first-order valence-corrected chi connectivity index (χ1v) is 4.46. The summed E-state index contributed by atoms with van der Waals surface area (Å²) in [6, 6.07) is 0. The molecular weight excluding hydrogens is 144 g/mol. The molecule has 2 aliphatic rings. The summed E-state index contributed by atoms with van der Waals surface area (Å²) in [6.07, 6.45) is 6.85. The van der Waals surface area contributed by atoms with Crippen LogP contribution in [0.1, 0.15) is 32.1 Å². The van der Waals surface area contributed by atoms with E-state index in [9.17, 15) is 0 Å². The minimum Gasteiger partial charge on any atom is -0.484 e. The number of rotatable bonds is 0. The van der Waals surface area contributed by atoms with Gasteiger partial charge >= 0.3 is 0 Å². The van der Waals surface area contributed by atoms with Gasteiger partial charge in [-0.2, -0.15) is 0 Å². The molecule has 1 heterocycles. The predicted molar refractivity (Wildman–Crippen MR) is 44.0 cm³/mol. The van der Waals surface area contributed by atoms with Crippen LogP contribution in [0.5, 0.6) is 0 Å². The normalized spacial score (nSPS) is 39.0. The molecule has 56 valence electrons. The van der Waals surface area contributed by atoms with Crippen LogP contribution in [0.3, 0.4) is 0 Å². The van der Waals surface area contributed by atoms with Crippen LogP contribution < -0.4 is 0 Å². The van der Waals surface area contributed by atoms with Crippen molar-refractivity contribution in [2.24, 2.45) is 5.92 Å². The maximum atomic E-state index is 5.50. The van der Waals surface area contributed by atoms with E-state index in [0.29, 0.717) is 6.10 Å². The number of hydrogen-bond acceptors (Lipinski definition) is 2. The SMILES string of the molecule is S=C1CC2CCCCC2O1. The second kappa shape index (κ2) is 2.50. The zero-order valence-corrected chi connectivity index (χ0v) is 6.82. The summed E-state index contributed by atoms with van der Waals surface area (Å²) in [5, 5.41) is 0.858. The van der Waals surface area contributed by atoms with Crippen molar-refractivity contribution < 1.29 is 4.74 Å². The summed E-state index contributed by atoms with van der Waals surface area (Å²) in [5.74, 6) is 0.779. The molecular formula is C8H12OS. The van der Waals surface area contributed by atoms with Gasteiger partial charge < -0.3 is 4.74 Å². The van der Waals surface area contributed by atoms with E-state index in [4.69, 9.17) is 17.0 Å². The average molecular weight is 156 g/mol. The van der Waals surface area contributed by atoms with Gasteiger partial charge in [0.1, 0.15) is 6.10 Å². The van der Waals surface area contributed by atoms with Gasteiger partial charge in [-0.05, 0) is 31.5 Å². The summed E-state index contributed by atoms with van der Waals surface area (Å²) < 4.78 is 5.50. The molecule has 1 nitrogen and oxygen atoms in total. The molecule has 0 aromatic carbocycles. The quantitative estimate of drug-likeness (QED) is 0.498. The van der Waals surface area contributed by atoms with Crippen LogP contribution in [0.25, 0.3) is 0 Å². The van der Waals surface area contributed by atoms with Crippen LogP contribution in [-0.2, 0) is 4.74 Å². The molecule has 2 fully saturated rings. The third-order valence-corrected chi connectivity index (χ3v) is 2.81. The first-order valence-electron chi connectivity index (χ1n) is 4.06. The van der Waals surface area contributed by atoms with Crippen LogP contribution in [0.15, 0.2) is 0 Å². The Balaban J connectivity index is 2.04. The monoisotopic (exact) mass is 156 g/mol. The molecule has 0 amide bonds. The van der Waals surface area contributed by atoms with Crippen molar-refractivity contribution in [1.29, 1.82) is 0 Å². The second-order valence-electron chi connectivity index (χ2n) is 3.28. The van der Waals surface area contributed by atoms with Crippen LogP contribution in [0.2, 0.25) is 0 Å². The highest BCUT2D eigenvalue weighted by Gasteiger charge is 2.33. The van der Waals surface area contributed by atoms with Gasteiger partial charge in [0.05, 0.1) is 0 Å². The van der Waals surface area contributed by atoms with Gasteiger partial charge in [0, 0.05) is 12.3 Å². The zero-order valence-electron chi connectivity index (χ0n) is 6.01. The smallest absolute Gasteiger partial charge is 0.160 e. The number of hydrogen-bond donors (Lipinski definition) is 0. The average Bonchev–Trinajstić information content (AvgIpc) is 2.27. The fourth-order valence-corrected chi connectivity index (χ4v) is 2.33. The Morgan fingerprint density at radius 2 is 2.10 bits per heavy atom. The molecule has 2 rings (SSSR count). The highest BCUT2D eigenvalue weighted by Crippen LogP contribution is 2.34. The lowest BCUT2D eigenvalue weighted by Crippen LogP contribution is -2.19. The van der Waals surface area contributed by atoms with Crippen molar-refractivity contribution in [2.75, 3.05) is 0 Å². The van der Waals surface area contributed by atoms with E-state index >= 15 is 0 Å². The van der Waals surface area contributed by atoms with E-state index in [2.05, 4.69) is 0 Å². The van der Waals surface area contributed by atoms with Gasteiger partial charge in [-0.15, -0.1) is 0 Å². The molecule has 0 radical (unpaired) electrons. The van der Waals surface area contributed by atoms with E-state index in [-0.39, 0.29) is 0 Å². The molecule has 0 aromatic rings. The van der Waals surface area contributed by atoms with Crippen molar-refractivity contribution in [3.63, 3.8) is 0 Å². The first-order chi connectivity index (χ1) is 4.86. The molecule has 10 heavy (non-hydrogen) atoms. The fraction of sp³-hybridized carbons (Fsp3) is 0.875. The van der Waals surface area contributed by atoms with E-state index < -0.39 is 0 Å². The zero-order chi connectivity index (χ0) is 6.97. The fourth-order valence-electron chi connectivity index (χ4n) is 1.99. The van der Waals surface area contributed by atoms with Crippen molar-refractivity contribution in [3.05, 3.63) is 0 Å². The van der Waals surface area contributed by atoms with Crippen LogP contribution in [-0.4, -0.2) is 11.2 Å². The van der Waals surface area contributed by atoms with Crippen molar-refractivity contribution in [3.8, 4) is 0 Å². The van der Waals surface area contributed by atoms with Crippen molar-refractivity contribution >= 4 is 17.3 Å². The standard InChI is InChI=1S/C8H12OS/c10-8-5-6-3-1-2-4-7(6)9-8/h6-7H,1-5H2. The molecule has 1 aliphatic heterocycles. The van der Waals surface area contributed by atoms with E-state index in [1.807, 2.05) is 0 Å². The van der Waals surface area contributed by atoms with E-state index in [1.165, 1.54) is 25.7 Å². The lowest BCUT2D eigenvalue weighted by molar-refractivity contribution is 0.132. The Morgan fingerprint density at radius 3 is 2.90 bits per heavy atom. The number of fused-ring (bicyclic) bond motifs is 1. The Kier molecular flexibility index (Phi) is 1.65. The Hall–Kier alpha value is -0.110. The first kappa shape index (κ1) is 6.59. The summed E-state index contributed by atoms with van der Waals surface area (Å²) in [7, 11) is 0. The van der Waals surface area contributed by atoms with Gasteiger partial charge in [-0.3, -0.25) is 0 Å². The van der Waals surface area contributed by atoms with Crippen LogP contribution >= 0.6 is 12.2 Å². The molecule has 1 aliphatic carbocycles. The van der Waals surface area contributed by atoms with Gasteiger partial charge in [0.2, 0.25) is 0 Å². The van der Waals surface area contributed by atoms with E-state index in [0.717, 1.165) is 17.4 Å². The lowest BCUT2D eigenvalue weighted by atomic mass is 9.86. The van der Waals surface area contributed by atoms with Crippen molar-refractivity contribution in [2.45, 2.75) is 38.2 Å². The molecule has 2 unspecified atom stereocenters. The molecule has 0 spiro atoms. The maximum Gasteiger partial charge on any atom is 0.160 e. The highest BCUT2D eigenvalue weighted by atomic mass is 32.1. The molecule has 2 atom stereocenters. The summed E-state index contributed by atoms with van der Waals surface area (Å²) >= 11 is 5.01. The summed E-state index contributed by atoms with van der Waals surface area (Å²) in [6.45, 7) is 0. The molecule has 0 N–H and O–H groups in total. The number of thiocarbonyl (C=S) groups is 1. The van der Waals surface area contributed by atoms with Gasteiger partial charge in [-0.25, -0.2) is 0 Å². The Labute approximate surface area is 66.8 Å². The Bertz CT molecular complexity index is 139. The summed E-state index contributed by atoms with van der Waals surface area (Å²) in [4.78, 5) is 0. The van der Waals surface area contributed by atoms with Gasteiger partial charge in [-0.1, -0.05) is 6.42 Å². The van der Waals surface area contributed by atoms with Gasteiger partial charge in [0.25, 0.3) is 0 Å². The minimum atomic E-state index is 0.501. The van der Waals surface area contributed by atoms with Crippen LogP contribution in [0, 0.1) is 5.92 Å². The predicted octanol–water partition coefficient (Wildman–Crippen LogP) is 2.29. The molecule has 0 bridgehead atoms. The minimum absolute atomic E-state index is 0.501. The summed E-state index contributed by atoms with van der Waals surface area (Å²) in [5.41, 5.74) is 0. The molecule has 1 saturated carbocycles. The van der Waals surface area contributed by atoms with Crippen LogP contribution in [0.4, 0.5) is 0 Å². The third-order valence-electron chi connectivity index (χ3n) is 2.55. The largest absolute Gasteiger partial charge is 0.484 e. The molecule has 1 saturated heterocycles. The number of ether oxygens (including phenoxy) is 1. The molecule has 2 heteroatoms. The maximum absolute atomic E-state index is 5.50. The van der Waals surface area contributed by atoms with Gasteiger partial charge in [0.15, 0.2) is 5.05 Å². The lowest BCUT2D eigenvalue weighted by Gasteiger charge is -2.22. The highest BCUT2D eigenvalue weighted by molar-refractivity contribution is 7.80. The second-order valence-corrected chi connectivity index (χ2v) is 3.73. The topological polar surface area (TPSA) is 9.23 Å². The van der Waals surface area contributed by atoms with Crippen molar-refractivity contribution in [1.82, 2.24) is 0 Å². The Morgan fingerprint density at radius 1 is 1.30 bits per heavy atom. The third kappa shape index (κ3) is 1.05.